The van der Waals surface area contributed by atoms with Crippen LogP contribution in [0.15, 0.2) is 54.6 Å². The summed E-state index contributed by atoms with van der Waals surface area (Å²) in [5.41, 5.74) is 11.0. The van der Waals surface area contributed by atoms with Gasteiger partial charge in [0.25, 0.3) is 0 Å². The van der Waals surface area contributed by atoms with Crippen LogP contribution in [0.4, 0.5) is 17.1 Å². The fraction of sp³-hybridized carbons (Fsp3) is 0.500. The zero-order valence-electron chi connectivity index (χ0n) is 28.4. The Hall–Kier alpha value is -2.40. The van der Waals surface area contributed by atoms with Crippen LogP contribution < -0.4 is 0 Å². The summed E-state index contributed by atoms with van der Waals surface area (Å²) in [6.07, 6.45) is 0. The molecule has 0 amide bonds. The third-order valence-electron chi connectivity index (χ3n) is 5.01. The molecule has 0 N–H and O–H groups in total. The van der Waals surface area contributed by atoms with Gasteiger partial charge in [0.15, 0.2) is 0 Å². The van der Waals surface area contributed by atoms with Gasteiger partial charge in [-0.05, 0) is 41.5 Å². The molecule has 0 saturated heterocycles. The van der Waals surface area contributed by atoms with E-state index in [-0.39, 0.29) is 40.6 Å². The largest absolute Gasteiger partial charge is 2.00 e. The first kappa shape index (κ1) is 40.7. The summed E-state index contributed by atoms with van der Waals surface area (Å²) in [5.74, 6) is 0. The van der Waals surface area contributed by atoms with Gasteiger partial charge >= 0.3 is 0 Å². The first-order chi connectivity index (χ1) is 17.6. The molecule has 3 aromatic carbocycles. The minimum Gasteiger partial charge on any atom is -2.00 e. The van der Waals surface area contributed by atoms with Crippen molar-refractivity contribution >= 4 is 17.1 Å². The van der Waals surface area contributed by atoms with Crippen molar-refractivity contribution in [2.24, 2.45) is 0 Å². The maximum absolute atomic E-state index is 4.61. The molecule has 0 bridgehead atoms. The summed E-state index contributed by atoms with van der Waals surface area (Å²) < 4.78 is 0. The van der Waals surface area contributed by atoms with Gasteiger partial charge < -0.3 is 21.4 Å². The number of aryl methyl sites for hydroxylation is 6. The van der Waals surface area contributed by atoms with Crippen molar-refractivity contribution in [3.8, 4) is 0 Å². The second-order valence-electron chi connectivity index (χ2n) is 13.9. The van der Waals surface area contributed by atoms with Gasteiger partial charge in [-0.15, -0.1) is 33.7 Å². The van der Waals surface area contributed by atoms with Crippen LogP contribution in [0, 0.1) is 41.5 Å². The smallest absolute Gasteiger partial charge is 0 e. The molecule has 0 aliphatic carbocycles. The van der Waals surface area contributed by atoms with E-state index in [1.165, 1.54) is 33.4 Å². The fourth-order valence-electron chi connectivity index (χ4n) is 4.21. The minimum atomic E-state index is 0. The molecule has 0 aliphatic heterocycles. The Kier molecular flexibility index (Phi) is 16.8. The Balaban J connectivity index is 0. The molecule has 0 atom stereocenters. The molecule has 0 aliphatic rings. The first-order valence-electron chi connectivity index (χ1n) is 14.0. The second-order valence-corrected chi connectivity index (χ2v) is 13.9. The van der Waals surface area contributed by atoms with Crippen molar-refractivity contribution < 1.29 is 24.0 Å². The molecule has 3 aromatic rings. The van der Waals surface area contributed by atoms with E-state index in [2.05, 4.69) is 174 Å². The van der Waals surface area contributed by atoms with Crippen molar-refractivity contribution in [3.05, 3.63) is 104 Å². The van der Waals surface area contributed by atoms with Crippen LogP contribution >= 0.6 is 0 Å². The minimum absolute atomic E-state index is 0. The molecule has 5 heteroatoms. The van der Waals surface area contributed by atoms with Gasteiger partial charge in [-0.25, -0.2) is 0 Å². The van der Waals surface area contributed by atoms with Crippen LogP contribution in [-0.2, 0) is 24.0 Å². The fourth-order valence-corrected chi connectivity index (χ4v) is 4.21. The van der Waals surface area contributed by atoms with Crippen LogP contribution in [0.2, 0.25) is 0 Å². The Labute approximate surface area is 264 Å². The standard InChI is InChI=1S/3C12H18N.O.V/c3*1-9-6-10(2)8-11(7-9)13-12(3,4)5;;/h3*6-8H,1-5H3;;/q3*-1;-2;. The summed E-state index contributed by atoms with van der Waals surface area (Å²) in [5, 5.41) is 13.8. The average Bonchev–Trinajstić information content (AvgIpc) is 2.62. The van der Waals surface area contributed by atoms with E-state index in [1.807, 2.05) is 0 Å². The number of rotatable bonds is 3. The molecule has 3 rings (SSSR count). The molecule has 1 radical (unpaired) electrons. The maximum atomic E-state index is 4.61. The molecule has 0 spiro atoms. The van der Waals surface area contributed by atoms with Crippen LogP contribution in [0.5, 0.6) is 0 Å². The van der Waals surface area contributed by atoms with Crippen LogP contribution in [0.25, 0.3) is 16.0 Å². The Morgan fingerprint density at radius 1 is 0.341 bits per heavy atom. The van der Waals surface area contributed by atoms with Gasteiger partial charge in [0.2, 0.25) is 0 Å². The van der Waals surface area contributed by atoms with Gasteiger partial charge in [0, 0.05) is 18.6 Å². The molecule has 4 nitrogen and oxygen atoms in total. The van der Waals surface area contributed by atoms with E-state index in [1.54, 1.807) is 0 Å². The first-order valence-corrected chi connectivity index (χ1v) is 14.0. The average molecular weight is 596 g/mol. The van der Waals surface area contributed by atoms with E-state index in [0.717, 1.165) is 17.1 Å². The third kappa shape index (κ3) is 20.2. The quantitative estimate of drug-likeness (QED) is 0.289. The molecule has 41 heavy (non-hydrogen) atoms. The molecule has 0 fully saturated rings. The Morgan fingerprint density at radius 2 is 0.488 bits per heavy atom. The van der Waals surface area contributed by atoms with Crippen LogP contribution in [0.1, 0.15) is 95.7 Å². The predicted octanol–water partition coefficient (Wildman–Crippen LogP) is 12.2. The molecule has 0 unspecified atom stereocenters. The number of benzene rings is 3. The zero-order chi connectivity index (χ0) is 30.2. The normalized spacial score (nSPS) is 10.9. The summed E-state index contributed by atoms with van der Waals surface area (Å²) in [6.45, 7) is 31.7. The molecule has 229 valence electrons. The van der Waals surface area contributed by atoms with Gasteiger partial charge in [-0.2, -0.15) is 0 Å². The Bertz CT molecular complexity index is 987. The van der Waals surface area contributed by atoms with Crippen molar-refractivity contribution in [2.45, 2.75) is 120 Å². The number of nitrogens with zero attached hydrogens (tertiary/aromatic N) is 3. The van der Waals surface area contributed by atoms with Gasteiger partial charge in [-0.1, -0.05) is 150 Å². The molecular weight excluding hydrogens is 541 g/mol. The third-order valence-corrected chi connectivity index (χ3v) is 5.01. The summed E-state index contributed by atoms with van der Waals surface area (Å²) >= 11 is 0. The van der Waals surface area contributed by atoms with Gasteiger partial charge in [0.1, 0.15) is 0 Å². The monoisotopic (exact) mass is 595 g/mol. The van der Waals surface area contributed by atoms with E-state index < -0.39 is 0 Å². The van der Waals surface area contributed by atoms with Crippen molar-refractivity contribution in [3.63, 3.8) is 0 Å². The predicted molar refractivity (Wildman–Crippen MR) is 177 cm³/mol. The van der Waals surface area contributed by atoms with E-state index in [9.17, 15) is 0 Å². The number of hydrogen-bond acceptors (Lipinski definition) is 0. The molecule has 0 aromatic heterocycles. The molecule has 0 saturated carbocycles. The van der Waals surface area contributed by atoms with Crippen molar-refractivity contribution in [1.82, 2.24) is 0 Å². The topological polar surface area (TPSA) is 70.8 Å². The van der Waals surface area contributed by atoms with Crippen molar-refractivity contribution in [2.75, 3.05) is 0 Å². The number of hydrogen-bond donors (Lipinski definition) is 0. The maximum Gasteiger partial charge on any atom is 0 e. The Morgan fingerprint density at radius 3 is 0.610 bits per heavy atom. The van der Waals surface area contributed by atoms with E-state index in [4.69, 9.17) is 0 Å². The van der Waals surface area contributed by atoms with E-state index >= 15 is 0 Å². The molecule has 0 heterocycles. The van der Waals surface area contributed by atoms with Crippen molar-refractivity contribution in [1.29, 1.82) is 0 Å². The summed E-state index contributed by atoms with van der Waals surface area (Å²) in [4.78, 5) is 0. The van der Waals surface area contributed by atoms with E-state index in [0.29, 0.717) is 0 Å². The van der Waals surface area contributed by atoms with Gasteiger partial charge in [0.05, 0.1) is 0 Å². The summed E-state index contributed by atoms with van der Waals surface area (Å²) in [7, 11) is 0. The zero-order valence-corrected chi connectivity index (χ0v) is 29.8. The SMILES string of the molecule is Cc1cc(C)cc([N-]C(C)(C)C)c1.Cc1cc(C)cc([N-]C(C)(C)C)c1.Cc1cc(C)cc([N-]C(C)(C)C)c1.[O-2].[V]. The van der Waals surface area contributed by atoms with Crippen LogP contribution in [0.3, 0.4) is 0 Å². The molecular formula is C36H54N3OV-5. The summed E-state index contributed by atoms with van der Waals surface area (Å²) in [6, 6.07) is 19.2. The second kappa shape index (κ2) is 16.9. The van der Waals surface area contributed by atoms with Gasteiger partial charge in [-0.3, -0.25) is 0 Å². The van der Waals surface area contributed by atoms with Crippen LogP contribution in [-0.4, -0.2) is 16.6 Å².